The zero-order valence-electron chi connectivity index (χ0n) is 15.2. The molecule has 0 aromatic heterocycles. The van der Waals surface area contributed by atoms with Crippen molar-refractivity contribution in [1.29, 1.82) is 0 Å². The van der Waals surface area contributed by atoms with E-state index in [0.29, 0.717) is 5.92 Å². The Bertz CT molecular complexity index is 681. The summed E-state index contributed by atoms with van der Waals surface area (Å²) in [4.78, 5) is 2.32. The Morgan fingerprint density at radius 1 is 1.09 bits per heavy atom. The molecule has 0 amide bonds. The Kier molecular flexibility index (Phi) is 5.75. The van der Waals surface area contributed by atoms with Crippen molar-refractivity contribution in [2.45, 2.75) is 47.5 Å². The lowest BCUT2D eigenvalue weighted by Crippen LogP contribution is -2.21. The topological polar surface area (TPSA) is 3.24 Å². The molecule has 1 nitrogen and oxygen atoms in total. The zero-order valence-corrected chi connectivity index (χ0v) is 16.0. The van der Waals surface area contributed by atoms with E-state index in [-0.39, 0.29) is 0 Å². The van der Waals surface area contributed by atoms with Crippen LogP contribution < -0.4 is 0 Å². The molecule has 23 heavy (non-hydrogen) atoms. The number of hydrogen-bond acceptors (Lipinski definition) is 1. The van der Waals surface area contributed by atoms with E-state index in [4.69, 9.17) is 11.6 Å². The van der Waals surface area contributed by atoms with Gasteiger partial charge in [-0.25, -0.2) is 0 Å². The van der Waals surface area contributed by atoms with Crippen LogP contribution in [0.4, 0.5) is 0 Å². The molecule has 0 radical (unpaired) electrons. The van der Waals surface area contributed by atoms with Gasteiger partial charge in [-0.05, 0) is 67.5 Å². The van der Waals surface area contributed by atoms with Crippen LogP contribution in [0.1, 0.15) is 55.9 Å². The van der Waals surface area contributed by atoms with Crippen molar-refractivity contribution in [2.24, 2.45) is 0 Å². The second kappa shape index (κ2) is 7.40. The third-order valence-electron chi connectivity index (χ3n) is 4.71. The molecule has 0 aromatic rings. The summed E-state index contributed by atoms with van der Waals surface area (Å²) in [6, 6.07) is 9.13. The monoisotopic (exact) mass is 329 g/mol. The number of hydrogen-bond donors (Lipinski definition) is 0. The lowest BCUT2D eigenvalue weighted by atomic mass is 9.99. The molecule has 2 rings (SSSR count). The van der Waals surface area contributed by atoms with Crippen LogP contribution in [0.5, 0.6) is 0 Å². The van der Waals surface area contributed by atoms with Crippen LogP contribution in [0.3, 0.4) is 0 Å². The highest BCUT2D eigenvalue weighted by Gasteiger charge is 2.21. The Morgan fingerprint density at radius 3 is 2.26 bits per heavy atom. The Balaban J connectivity index is 2.71. The standard InChI is InChI=1S/C21H28ClN/c1-7-23(8-2)20(13-22)19-11-16(6)18-12-17(14(3)4)10-9-15(5)21(18)19/h9-14H,7-8H2,1-6H3/b20-13-. The molecule has 0 saturated heterocycles. The number of fused-ring (bicyclic) bond motifs is 1. The normalized spacial score (nSPS) is 12.3. The number of halogens is 1. The fraction of sp³-hybridized carbons (Fsp3) is 0.429. The molecule has 2 aliphatic rings. The van der Waals surface area contributed by atoms with Gasteiger partial charge in [0.05, 0.1) is 5.70 Å². The summed E-state index contributed by atoms with van der Waals surface area (Å²) < 4.78 is 0. The van der Waals surface area contributed by atoms with Crippen LogP contribution in [0.2, 0.25) is 0 Å². The van der Waals surface area contributed by atoms with Crippen molar-refractivity contribution >= 4 is 17.3 Å². The summed E-state index contributed by atoms with van der Waals surface area (Å²) in [6.07, 6.45) is 0. The minimum atomic E-state index is 0.522. The van der Waals surface area contributed by atoms with Gasteiger partial charge in [-0.15, -0.1) is 0 Å². The molecule has 0 heterocycles. The predicted molar refractivity (Wildman–Crippen MR) is 103 cm³/mol. The number of aryl methyl sites for hydroxylation is 2. The highest BCUT2D eigenvalue weighted by Crippen LogP contribution is 2.40. The van der Waals surface area contributed by atoms with Crippen LogP contribution in [0.25, 0.3) is 16.8 Å². The second-order valence-corrected chi connectivity index (χ2v) is 6.73. The van der Waals surface area contributed by atoms with E-state index >= 15 is 0 Å². The quantitative estimate of drug-likeness (QED) is 0.612. The third kappa shape index (κ3) is 3.40. The van der Waals surface area contributed by atoms with Crippen LogP contribution in [0, 0.1) is 13.8 Å². The van der Waals surface area contributed by atoms with Gasteiger partial charge < -0.3 is 4.90 Å². The first kappa shape index (κ1) is 17.9. The largest absolute Gasteiger partial charge is 0.371 e. The number of rotatable bonds is 5. The first-order valence-corrected chi connectivity index (χ1v) is 8.97. The van der Waals surface area contributed by atoms with Gasteiger partial charge in [0, 0.05) is 24.2 Å². The van der Waals surface area contributed by atoms with Crippen molar-refractivity contribution < 1.29 is 0 Å². The number of nitrogens with zero attached hydrogens (tertiary/aromatic N) is 1. The van der Waals surface area contributed by atoms with Crippen molar-refractivity contribution in [3.63, 3.8) is 0 Å². The lowest BCUT2D eigenvalue weighted by molar-refractivity contribution is 0.442. The van der Waals surface area contributed by atoms with E-state index in [0.717, 1.165) is 18.8 Å². The van der Waals surface area contributed by atoms with Crippen molar-refractivity contribution in [3.8, 4) is 11.1 Å². The van der Waals surface area contributed by atoms with Gasteiger partial charge >= 0.3 is 0 Å². The molecule has 0 N–H and O–H groups in total. The molecule has 0 atom stereocenters. The van der Waals surface area contributed by atoms with Gasteiger partial charge in [0.15, 0.2) is 0 Å². The van der Waals surface area contributed by atoms with Gasteiger partial charge in [0.25, 0.3) is 0 Å². The molecule has 0 spiro atoms. The van der Waals surface area contributed by atoms with Gasteiger partial charge in [0.2, 0.25) is 0 Å². The average Bonchev–Trinajstić information content (AvgIpc) is 2.72. The predicted octanol–water partition coefficient (Wildman–Crippen LogP) is 6.41. The molecule has 0 bridgehead atoms. The summed E-state index contributed by atoms with van der Waals surface area (Å²) in [5.41, 5.74) is 10.8. The smallest absolute Gasteiger partial charge is 0.0560 e. The Labute approximate surface area is 146 Å². The minimum Gasteiger partial charge on any atom is -0.371 e. The van der Waals surface area contributed by atoms with E-state index in [9.17, 15) is 0 Å². The summed E-state index contributed by atoms with van der Waals surface area (Å²) in [5, 5.41) is 0. The Morgan fingerprint density at radius 2 is 1.74 bits per heavy atom. The summed E-state index contributed by atoms with van der Waals surface area (Å²) in [7, 11) is 0. The molecule has 2 aliphatic carbocycles. The third-order valence-corrected chi connectivity index (χ3v) is 4.91. The molecular weight excluding hydrogens is 302 g/mol. The first-order chi connectivity index (χ1) is 10.9. The molecule has 124 valence electrons. The van der Waals surface area contributed by atoms with E-state index in [1.165, 1.54) is 33.4 Å². The second-order valence-electron chi connectivity index (χ2n) is 6.51. The van der Waals surface area contributed by atoms with Gasteiger partial charge in [-0.1, -0.05) is 43.6 Å². The first-order valence-electron chi connectivity index (χ1n) is 8.54. The van der Waals surface area contributed by atoms with Crippen molar-refractivity contribution in [1.82, 2.24) is 4.90 Å². The summed E-state index contributed by atoms with van der Waals surface area (Å²) in [6.45, 7) is 15.1. The summed E-state index contributed by atoms with van der Waals surface area (Å²) >= 11 is 6.23. The van der Waals surface area contributed by atoms with Crippen LogP contribution >= 0.6 is 11.6 Å². The Hall–Kier alpha value is -1.47. The minimum absolute atomic E-state index is 0.522. The van der Waals surface area contributed by atoms with E-state index in [1.54, 1.807) is 5.54 Å². The van der Waals surface area contributed by atoms with Crippen molar-refractivity contribution in [3.05, 3.63) is 52.1 Å². The van der Waals surface area contributed by atoms with Gasteiger partial charge in [0.1, 0.15) is 0 Å². The van der Waals surface area contributed by atoms with E-state index in [1.807, 2.05) is 0 Å². The molecule has 0 fully saturated rings. The van der Waals surface area contributed by atoms with Crippen LogP contribution in [0.15, 0.2) is 29.8 Å². The maximum atomic E-state index is 6.23. The lowest BCUT2D eigenvalue weighted by Gasteiger charge is -2.24. The highest BCUT2D eigenvalue weighted by molar-refractivity contribution is 6.28. The molecule has 0 aromatic carbocycles. The van der Waals surface area contributed by atoms with E-state index < -0.39 is 0 Å². The summed E-state index contributed by atoms with van der Waals surface area (Å²) in [5.74, 6) is 0.522. The highest BCUT2D eigenvalue weighted by atomic mass is 35.5. The molecule has 0 saturated carbocycles. The molecule has 0 unspecified atom stereocenters. The fourth-order valence-corrected chi connectivity index (χ4v) is 3.52. The molecular formula is C21H28ClN. The molecule has 0 aliphatic heterocycles. The van der Waals surface area contributed by atoms with Crippen LogP contribution in [-0.2, 0) is 0 Å². The zero-order chi connectivity index (χ0) is 17.1. The van der Waals surface area contributed by atoms with E-state index in [2.05, 4.69) is 70.7 Å². The van der Waals surface area contributed by atoms with Gasteiger partial charge in [-0.3, -0.25) is 0 Å². The average molecular weight is 330 g/mol. The maximum Gasteiger partial charge on any atom is 0.0560 e. The molecule has 2 heteroatoms. The maximum absolute atomic E-state index is 6.23. The SMILES string of the molecule is CCN(CC)/C(=C\Cl)c1cc(C)c2cc(C(C)C)ccc(C)c1-2. The van der Waals surface area contributed by atoms with Gasteiger partial charge in [-0.2, -0.15) is 0 Å². The fourth-order valence-electron chi connectivity index (χ4n) is 3.26. The van der Waals surface area contributed by atoms with Crippen LogP contribution in [-0.4, -0.2) is 18.0 Å². The van der Waals surface area contributed by atoms with Crippen molar-refractivity contribution in [2.75, 3.05) is 13.1 Å².